The van der Waals surface area contributed by atoms with Crippen molar-refractivity contribution in [1.82, 2.24) is 9.97 Å². The summed E-state index contributed by atoms with van der Waals surface area (Å²) in [5.74, 6) is 2.58. The van der Waals surface area contributed by atoms with Gasteiger partial charge in [-0.05, 0) is 70.5 Å². The fourth-order valence-corrected chi connectivity index (χ4v) is 8.19. The second-order valence-electron chi connectivity index (χ2n) is 12.8. The molecule has 0 atom stereocenters. The van der Waals surface area contributed by atoms with Crippen molar-refractivity contribution in [3.8, 4) is 45.3 Å². The Morgan fingerprint density at radius 3 is 1.98 bits per heavy atom. The first-order chi connectivity index (χ1) is 23.8. The lowest BCUT2D eigenvalue weighted by atomic mass is 9.64. The van der Waals surface area contributed by atoms with Gasteiger partial charge in [-0.3, -0.25) is 0 Å². The van der Waals surface area contributed by atoms with E-state index in [1.165, 1.54) is 44.5 Å². The van der Waals surface area contributed by atoms with Gasteiger partial charge in [0.1, 0.15) is 11.5 Å². The topological polar surface area (TPSA) is 35.0 Å². The number of fused-ring (bicyclic) bond motifs is 9. The predicted molar refractivity (Wildman–Crippen MR) is 194 cm³/mol. The number of para-hydroxylation sites is 3. The second kappa shape index (κ2) is 10.5. The molecule has 0 unspecified atom stereocenters. The van der Waals surface area contributed by atoms with Crippen molar-refractivity contribution in [3.05, 3.63) is 186 Å². The zero-order valence-electron chi connectivity index (χ0n) is 26.2. The van der Waals surface area contributed by atoms with E-state index in [2.05, 4.69) is 158 Å². The minimum absolute atomic E-state index is 0.407. The Morgan fingerprint density at radius 1 is 0.542 bits per heavy atom. The highest BCUT2D eigenvalue weighted by Gasteiger charge is 2.52. The first-order valence-corrected chi connectivity index (χ1v) is 16.6. The molecular weight excluding hydrogens is 585 g/mol. The maximum absolute atomic E-state index is 6.52. The molecule has 1 aliphatic heterocycles. The summed E-state index contributed by atoms with van der Waals surface area (Å²) in [5.41, 5.74) is 13.7. The van der Waals surface area contributed by atoms with Crippen LogP contribution in [0.3, 0.4) is 0 Å². The number of ether oxygens (including phenoxy) is 1. The van der Waals surface area contributed by atoms with E-state index in [0.29, 0.717) is 0 Å². The monoisotopic (exact) mass is 614 g/mol. The second-order valence-corrected chi connectivity index (χ2v) is 12.8. The van der Waals surface area contributed by atoms with E-state index in [0.717, 1.165) is 57.9 Å². The third-order valence-corrected chi connectivity index (χ3v) is 10.3. The van der Waals surface area contributed by atoms with Crippen LogP contribution in [0.4, 0.5) is 0 Å². The van der Waals surface area contributed by atoms with Gasteiger partial charge in [-0.1, -0.05) is 133 Å². The molecule has 3 nitrogen and oxygen atoms in total. The van der Waals surface area contributed by atoms with E-state index in [1.54, 1.807) is 0 Å². The average molecular weight is 615 g/mol. The molecule has 3 aliphatic rings. The minimum atomic E-state index is -0.407. The molecule has 2 heterocycles. The Labute approximate surface area is 279 Å². The van der Waals surface area contributed by atoms with Crippen LogP contribution in [0.15, 0.2) is 163 Å². The number of allylic oxidation sites excluding steroid dienone is 4. The fourth-order valence-electron chi connectivity index (χ4n) is 8.19. The molecule has 2 aliphatic carbocycles. The number of rotatable bonds is 3. The van der Waals surface area contributed by atoms with Crippen molar-refractivity contribution in [2.75, 3.05) is 0 Å². The summed E-state index contributed by atoms with van der Waals surface area (Å²) in [4.78, 5) is 10.4. The quantitative estimate of drug-likeness (QED) is 0.199. The van der Waals surface area contributed by atoms with Crippen LogP contribution >= 0.6 is 0 Å². The number of hydrogen-bond donors (Lipinski definition) is 0. The standard InChI is InChI=1S/C45H30N2O/c1-2-12-29(13-3-1)30-22-24-31(25-23-30)43-34-15-5-9-19-40(34)46-44(47-43)32-26-27-37-35(28-32)33-14-4-6-16-36(33)45(37)38-17-7-10-20-41(38)48-42-21-11-8-18-39(42)45/h1-5,7-15,17-28H,6,16H2. The van der Waals surface area contributed by atoms with Crippen LogP contribution in [0, 0.1) is 0 Å². The fraction of sp³-hybridized carbons (Fsp3) is 0.0667. The molecule has 6 aromatic carbocycles. The molecule has 7 aromatic rings. The Kier molecular flexibility index (Phi) is 5.91. The molecular formula is C45H30N2O. The maximum atomic E-state index is 6.52. The predicted octanol–water partition coefficient (Wildman–Crippen LogP) is 11.2. The van der Waals surface area contributed by atoms with Crippen LogP contribution in [0.1, 0.15) is 35.1 Å². The van der Waals surface area contributed by atoms with Crippen molar-refractivity contribution in [1.29, 1.82) is 0 Å². The van der Waals surface area contributed by atoms with Gasteiger partial charge in [0.25, 0.3) is 0 Å². The van der Waals surface area contributed by atoms with Gasteiger partial charge < -0.3 is 4.74 Å². The lowest BCUT2D eigenvalue weighted by Crippen LogP contribution is -2.33. The summed E-state index contributed by atoms with van der Waals surface area (Å²) in [7, 11) is 0. The zero-order valence-corrected chi connectivity index (χ0v) is 26.2. The lowest BCUT2D eigenvalue weighted by Gasteiger charge is -2.41. The van der Waals surface area contributed by atoms with Gasteiger partial charge in [0, 0.05) is 27.6 Å². The van der Waals surface area contributed by atoms with Gasteiger partial charge in [-0.15, -0.1) is 0 Å². The highest BCUT2D eigenvalue weighted by molar-refractivity contribution is 5.96. The number of nitrogens with zero attached hydrogens (tertiary/aromatic N) is 2. The highest BCUT2D eigenvalue weighted by atomic mass is 16.5. The molecule has 0 saturated heterocycles. The molecule has 0 saturated carbocycles. The van der Waals surface area contributed by atoms with Crippen LogP contribution < -0.4 is 4.74 Å². The third-order valence-electron chi connectivity index (χ3n) is 10.3. The lowest BCUT2D eigenvalue weighted by molar-refractivity contribution is 0.432. The highest BCUT2D eigenvalue weighted by Crippen LogP contribution is 2.63. The van der Waals surface area contributed by atoms with Crippen LogP contribution in [0.5, 0.6) is 11.5 Å². The van der Waals surface area contributed by atoms with Gasteiger partial charge in [-0.2, -0.15) is 0 Å². The number of benzene rings is 6. The molecule has 0 radical (unpaired) electrons. The summed E-state index contributed by atoms with van der Waals surface area (Å²) < 4.78 is 6.52. The first-order valence-electron chi connectivity index (χ1n) is 16.6. The van der Waals surface area contributed by atoms with E-state index in [1.807, 2.05) is 0 Å². The Bertz CT molecular complexity index is 2430. The van der Waals surface area contributed by atoms with E-state index in [-0.39, 0.29) is 0 Å². The molecule has 1 spiro atoms. The Hall–Kier alpha value is -6.06. The summed E-state index contributed by atoms with van der Waals surface area (Å²) >= 11 is 0. The third kappa shape index (κ3) is 3.88. The normalized spacial score (nSPS) is 15.1. The summed E-state index contributed by atoms with van der Waals surface area (Å²) in [6.45, 7) is 0. The molecule has 0 fully saturated rings. The largest absolute Gasteiger partial charge is 0.457 e. The van der Waals surface area contributed by atoms with Gasteiger partial charge in [0.2, 0.25) is 0 Å². The molecule has 0 amide bonds. The van der Waals surface area contributed by atoms with E-state index in [9.17, 15) is 0 Å². The van der Waals surface area contributed by atoms with Crippen molar-refractivity contribution < 1.29 is 4.74 Å². The Morgan fingerprint density at radius 2 is 1.19 bits per heavy atom. The molecule has 0 N–H and O–H groups in total. The van der Waals surface area contributed by atoms with Gasteiger partial charge in [0.05, 0.1) is 16.6 Å². The summed E-state index contributed by atoms with van der Waals surface area (Å²) in [5, 5.41) is 1.05. The molecule has 0 bridgehead atoms. The molecule has 1 aromatic heterocycles. The molecule has 10 rings (SSSR count). The van der Waals surface area contributed by atoms with Crippen molar-refractivity contribution >= 4 is 16.5 Å². The number of aromatic nitrogens is 2. The molecule has 226 valence electrons. The summed E-state index contributed by atoms with van der Waals surface area (Å²) in [6, 6.07) is 51.5. The molecule has 3 heteroatoms. The van der Waals surface area contributed by atoms with E-state index < -0.39 is 5.41 Å². The average Bonchev–Trinajstić information content (AvgIpc) is 3.45. The summed E-state index contributed by atoms with van der Waals surface area (Å²) in [6.07, 6.45) is 6.66. The zero-order chi connectivity index (χ0) is 31.7. The first kappa shape index (κ1) is 27.1. The smallest absolute Gasteiger partial charge is 0.160 e. The van der Waals surface area contributed by atoms with Crippen LogP contribution in [0.25, 0.3) is 50.2 Å². The SMILES string of the molecule is C1=CC2=C(CC1)C1(c3ccccc3Oc3ccccc31)c1ccc(-c3nc(-c4ccc(-c5ccccc5)cc4)c4ccccc4n3)cc12. The van der Waals surface area contributed by atoms with Crippen LogP contribution in [0.2, 0.25) is 0 Å². The van der Waals surface area contributed by atoms with Crippen LogP contribution in [-0.4, -0.2) is 9.97 Å². The maximum Gasteiger partial charge on any atom is 0.160 e. The number of hydrogen-bond acceptors (Lipinski definition) is 3. The van der Waals surface area contributed by atoms with Crippen molar-refractivity contribution in [2.45, 2.75) is 18.3 Å². The van der Waals surface area contributed by atoms with Crippen molar-refractivity contribution in [3.63, 3.8) is 0 Å². The van der Waals surface area contributed by atoms with Gasteiger partial charge >= 0.3 is 0 Å². The van der Waals surface area contributed by atoms with E-state index in [4.69, 9.17) is 14.7 Å². The van der Waals surface area contributed by atoms with Crippen molar-refractivity contribution in [2.24, 2.45) is 0 Å². The Balaban J connectivity index is 1.16. The van der Waals surface area contributed by atoms with Gasteiger partial charge in [0.15, 0.2) is 5.82 Å². The minimum Gasteiger partial charge on any atom is -0.457 e. The van der Waals surface area contributed by atoms with Gasteiger partial charge in [-0.25, -0.2) is 9.97 Å². The molecule has 48 heavy (non-hydrogen) atoms. The van der Waals surface area contributed by atoms with Crippen LogP contribution in [-0.2, 0) is 5.41 Å². The van der Waals surface area contributed by atoms with E-state index >= 15 is 0 Å².